The van der Waals surface area contributed by atoms with Crippen molar-refractivity contribution in [2.45, 2.75) is 37.8 Å². The largest absolute Gasteiger partial charge is 0.396 e. The first-order valence-corrected chi connectivity index (χ1v) is 9.35. The van der Waals surface area contributed by atoms with Gasteiger partial charge in [0.05, 0.1) is 12.6 Å². The summed E-state index contributed by atoms with van der Waals surface area (Å²) < 4.78 is 5.60. The zero-order valence-corrected chi connectivity index (χ0v) is 15.7. The van der Waals surface area contributed by atoms with Crippen LogP contribution in [0.15, 0.2) is 24.3 Å². The molecule has 1 saturated carbocycles. The van der Waals surface area contributed by atoms with Crippen LogP contribution in [0, 0.1) is 5.41 Å². The highest BCUT2D eigenvalue weighted by molar-refractivity contribution is 6.30. The minimum absolute atomic E-state index is 0.0673. The van der Waals surface area contributed by atoms with Crippen molar-refractivity contribution in [3.63, 3.8) is 0 Å². The zero-order chi connectivity index (χ0) is 18.7. The zero-order valence-electron chi connectivity index (χ0n) is 14.9. The maximum absolute atomic E-state index is 12.8. The number of carbonyl (C=O) groups is 2. The van der Waals surface area contributed by atoms with Crippen LogP contribution in [0.5, 0.6) is 0 Å². The van der Waals surface area contributed by atoms with Gasteiger partial charge < -0.3 is 20.1 Å². The molecule has 1 aliphatic carbocycles. The van der Waals surface area contributed by atoms with Crippen LogP contribution in [0.1, 0.15) is 37.3 Å². The molecular weight excluding hydrogens is 356 g/mol. The maximum atomic E-state index is 12.8. The molecule has 0 aromatic heterocycles. The molecule has 2 fully saturated rings. The highest BCUT2D eigenvalue weighted by atomic mass is 35.5. The van der Waals surface area contributed by atoms with E-state index in [2.05, 4.69) is 5.32 Å². The molecule has 1 aromatic carbocycles. The molecule has 2 atom stereocenters. The summed E-state index contributed by atoms with van der Waals surface area (Å²) in [5.41, 5.74) is 0.560. The van der Waals surface area contributed by atoms with Crippen LogP contribution in [-0.4, -0.2) is 54.7 Å². The predicted molar refractivity (Wildman–Crippen MR) is 97.7 cm³/mol. The quantitative estimate of drug-likeness (QED) is 0.817. The van der Waals surface area contributed by atoms with E-state index in [4.69, 9.17) is 16.3 Å². The number of likely N-dealkylation sites (N-methyl/N-ethyl adjacent to an activating group) is 1. The molecule has 2 aliphatic rings. The molecule has 26 heavy (non-hydrogen) atoms. The summed E-state index contributed by atoms with van der Waals surface area (Å²) >= 11 is 5.95. The van der Waals surface area contributed by atoms with Gasteiger partial charge in [-0.1, -0.05) is 36.6 Å². The summed E-state index contributed by atoms with van der Waals surface area (Å²) in [4.78, 5) is 26.5. The molecule has 1 aromatic rings. The number of rotatable bonds is 5. The van der Waals surface area contributed by atoms with Crippen LogP contribution in [-0.2, 0) is 14.3 Å². The predicted octanol–water partition coefficient (Wildman–Crippen LogP) is 1.91. The Hall–Kier alpha value is -1.63. The van der Waals surface area contributed by atoms with Crippen LogP contribution in [0.25, 0.3) is 0 Å². The number of nitrogens with zero attached hydrogens (tertiary/aromatic N) is 1. The second kappa shape index (κ2) is 7.94. The third-order valence-electron chi connectivity index (χ3n) is 5.59. The SMILES string of the molecule is CN1C(=O)COC(C(=O)NCC2(CO)CCCC2)C1c1ccc(Cl)cc1. The fraction of sp³-hybridized carbons (Fsp3) is 0.579. The average Bonchev–Trinajstić information content (AvgIpc) is 3.12. The van der Waals surface area contributed by atoms with Gasteiger partial charge in [0.25, 0.3) is 5.91 Å². The van der Waals surface area contributed by atoms with Gasteiger partial charge in [-0.05, 0) is 30.5 Å². The molecule has 3 rings (SSSR count). The molecule has 7 heteroatoms. The number of aliphatic hydroxyl groups excluding tert-OH is 1. The molecule has 2 N–H and O–H groups in total. The Morgan fingerprint density at radius 1 is 1.35 bits per heavy atom. The van der Waals surface area contributed by atoms with E-state index in [1.165, 1.54) is 0 Å². The monoisotopic (exact) mass is 380 g/mol. The van der Waals surface area contributed by atoms with E-state index in [-0.39, 0.29) is 30.4 Å². The van der Waals surface area contributed by atoms with Gasteiger partial charge in [-0.15, -0.1) is 0 Å². The molecule has 0 radical (unpaired) electrons. The lowest BCUT2D eigenvalue weighted by atomic mass is 9.87. The van der Waals surface area contributed by atoms with E-state index in [0.717, 1.165) is 31.2 Å². The number of morpholine rings is 1. The Labute approximate surface area is 158 Å². The van der Waals surface area contributed by atoms with Crippen molar-refractivity contribution >= 4 is 23.4 Å². The number of aliphatic hydroxyl groups is 1. The number of hydrogen-bond donors (Lipinski definition) is 2. The highest BCUT2D eigenvalue weighted by Crippen LogP contribution is 2.37. The van der Waals surface area contributed by atoms with E-state index in [0.29, 0.717) is 11.6 Å². The van der Waals surface area contributed by atoms with Crippen molar-refractivity contribution in [1.82, 2.24) is 10.2 Å². The Kier molecular flexibility index (Phi) is 5.85. The van der Waals surface area contributed by atoms with E-state index in [1.54, 1.807) is 36.2 Å². The molecule has 6 nitrogen and oxygen atoms in total. The molecule has 0 bridgehead atoms. The number of halogens is 1. The van der Waals surface area contributed by atoms with E-state index in [1.807, 2.05) is 0 Å². The smallest absolute Gasteiger partial charge is 0.251 e. The topological polar surface area (TPSA) is 78.9 Å². The first-order valence-electron chi connectivity index (χ1n) is 8.97. The summed E-state index contributed by atoms with van der Waals surface area (Å²) in [6, 6.07) is 6.56. The molecule has 0 spiro atoms. The van der Waals surface area contributed by atoms with Gasteiger partial charge >= 0.3 is 0 Å². The van der Waals surface area contributed by atoms with Gasteiger partial charge in [0, 0.05) is 24.0 Å². The summed E-state index contributed by atoms with van der Waals surface area (Å²) in [5, 5.41) is 13.3. The third kappa shape index (κ3) is 3.87. The number of ether oxygens (including phenoxy) is 1. The summed E-state index contributed by atoms with van der Waals surface area (Å²) in [6.07, 6.45) is 3.17. The highest BCUT2D eigenvalue weighted by Gasteiger charge is 2.41. The standard InChI is InChI=1S/C19H25ClN2O4/c1-22-15(24)10-26-17(16(22)13-4-6-14(20)7-5-13)18(25)21-11-19(12-23)8-2-3-9-19/h4-7,16-17,23H,2-3,8-12H2,1H3,(H,21,25). The van der Waals surface area contributed by atoms with Crippen LogP contribution >= 0.6 is 11.6 Å². The van der Waals surface area contributed by atoms with Crippen molar-refractivity contribution in [1.29, 1.82) is 0 Å². The minimum atomic E-state index is -0.795. The van der Waals surface area contributed by atoms with Crippen molar-refractivity contribution in [2.24, 2.45) is 5.41 Å². The van der Waals surface area contributed by atoms with Gasteiger partial charge in [-0.2, -0.15) is 0 Å². The van der Waals surface area contributed by atoms with E-state index >= 15 is 0 Å². The van der Waals surface area contributed by atoms with Crippen molar-refractivity contribution in [2.75, 3.05) is 26.8 Å². The fourth-order valence-corrected chi connectivity index (χ4v) is 4.01. The number of amides is 2. The number of nitrogens with one attached hydrogen (secondary N) is 1. The number of hydrogen-bond acceptors (Lipinski definition) is 4. The second-order valence-electron chi connectivity index (χ2n) is 7.32. The Morgan fingerprint density at radius 3 is 2.62 bits per heavy atom. The minimum Gasteiger partial charge on any atom is -0.396 e. The van der Waals surface area contributed by atoms with Crippen LogP contribution < -0.4 is 5.32 Å². The van der Waals surface area contributed by atoms with Crippen LogP contribution in [0.4, 0.5) is 0 Å². The third-order valence-corrected chi connectivity index (χ3v) is 5.84. The van der Waals surface area contributed by atoms with Crippen LogP contribution in [0.2, 0.25) is 5.02 Å². The van der Waals surface area contributed by atoms with Crippen molar-refractivity contribution in [3.8, 4) is 0 Å². The molecule has 1 heterocycles. The number of benzene rings is 1. The van der Waals surface area contributed by atoms with E-state index < -0.39 is 12.1 Å². The Bertz CT molecular complexity index is 658. The van der Waals surface area contributed by atoms with Crippen molar-refractivity contribution < 1.29 is 19.4 Å². The molecule has 1 aliphatic heterocycles. The van der Waals surface area contributed by atoms with Crippen LogP contribution in [0.3, 0.4) is 0 Å². The molecule has 142 valence electrons. The molecule has 1 saturated heterocycles. The maximum Gasteiger partial charge on any atom is 0.251 e. The van der Waals surface area contributed by atoms with Gasteiger partial charge in [-0.3, -0.25) is 9.59 Å². The lowest BCUT2D eigenvalue weighted by Gasteiger charge is -2.39. The van der Waals surface area contributed by atoms with Gasteiger partial charge in [0.1, 0.15) is 6.61 Å². The van der Waals surface area contributed by atoms with Gasteiger partial charge in [0.15, 0.2) is 6.10 Å². The van der Waals surface area contributed by atoms with Gasteiger partial charge in [-0.25, -0.2) is 0 Å². The van der Waals surface area contributed by atoms with Crippen molar-refractivity contribution in [3.05, 3.63) is 34.9 Å². The Morgan fingerprint density at radius 2 is 2.00 bits per heavy atom. The lowest BCUT2D eigenvalue weighted by molar-refractivity contribution is -0.162. The molecule has 2 amide bonds. The number of carbonyl (C=O) groups excluding carboxylic acids is 2. The first kappa shape index (κ1) is 19.1. The first-order chi connectivity index (χ1) is 12.5. The summed E-state index contributed by atoms with van der Waals surface area (Å²) in [5.74, 6) is -0.430. The normalized spacial score (nSPS) is 25.3. The molecule has 2 unspecified atom stereocenters. The summed E-state index contributed by atoms with van der Waals surface area (Å²) in [7, 11) is 1.68. The van der Waals surface area contributed by atoms with E-state index in [9.17, 15) is 14.7 Å². The fourth-order valence-electron chi connectivity index (χ4n) is 3.88. The molecular formula is C19H25ClN2O4. The average molecular weight is 381 g/mol. The Balaban J connectivity index is 1.75. The van der Waals surface area contributed by atoms with Gasteiger partial charge in [0.2, 0.25) is 5.91 Å². The summed E-state index contributed by atoms with van der Waals surface area (Å²) in [6.45, 7) is 0.370. The lowest BCUT2D eigenvalue weighted by Crippen LogP contribution is -2.54. The second-order valence-corrected chi connectivity index (χ2v) is 7.75.